The first-order valence-corrected chi connectivity index (χ1v) is 8.45. The number of hydrogen-bond donors (Lipinski definition) is 2. The quantitative estimate of drug-likeness (QED) is 0.797. The van der Waals surface area contributed by atoms with E-state index in [2.05, 4.69) is 5.32 Å². The summed E-state index contributed by atoms with van der Waals surface area (Å²) in [6.07, 6.45) is 1.19. The van der Waals surface area contributed by atoms with Crippen LogP contribution in [0.25, 0.3) is 0 Å². The summed E-state index contributed by atoms with van der Waals surface area (Å²) in [5, 5.41) is 2.99. The second-order valence-electron chi connectivity index (χ2n) is 6.37. The van der Waals surface area contributed by atoms with Gasteiger partial charge in [0, 0.05) is 6.54 Å². The molecule has 24 heavy (non-hydrogen) atoms. The molecular formula is C18H28N2O4. The predicted octanol–water partition coefficient (Wildman–Crippen LogP) is 2.17. The molecule has 1 saturated heterocycles. The molecule has 0 bridgehead atoms. The van der Waals surface area contributed by atoms with Crippen LogP contribution in [0.2, 0.25) is 0 Å². The molecule has 0 spiro atoms. The summed E-state index contributed by atoms with van der Waals surface area (Å²) in [7, 11) is 1.61. The number of carbonyl (C=O) groups excluding carboxylic acids is 1. The highest BCUT2D eigenvalue weighted by Crippen LogP contribution is 2.31. The third-order valence-corrected chi connectivity index (χ3v) is 4.07. The van der Waals surface area contributed by atoms with Crippen molar-refractivity contribution in [1.82, 2.24) is 5.32 Å². The Morgan fingerprint density at radius 2 is 2.08 bits per heavy atom. The molecule has 134 valence electrons. The molecule has 1 aromatic carbocycles. The molecule has 1 aromatic rings. The third kappa shape index (κ3) is 4.61. The van der Waals surface area contributed by atoms with Crippen molar-refractivity contribution in [2.45, 2.75) is 58.0 Å². The van der Waals surface area contributed by atoms with Crippen molar-refractivity contribution in [3.05, 3.63) is 23.8 Å². The number of benzene rings is 1. The molecule has 6 heteroatoms. The van der Waals surface area contributed by atoms with Gasteiger partial charge in [-0.2, -0.15) is 0 Å². The maximum atomic E-state index is 12.3. The molecule has 3 N–H and O–H groups in total. The van der Waals surface area contributed by atoms with Crippen molar-refractivity contribution in [1.29, 1.82) is 0 Å². The minimum atomic E-state index is -0.411. The Bertz CT molecular complexity index is 562. The number of rotatable bonds is 7. The molecule has 1 unspecified atom stereocenters. The van der Waals surface area contributed by atoms with Gasteiger partial charge in [0.25, 0.3) is 0 Å². The van der Waals surface area contributed by atoms with Crippen LogP contribution >= 0.6 is 0 Å². The van der Waals surface area contributed by atoms with E-state index in [9.17, 15) is 4.79 Å². The highest BCUT2D eigenvalue weighted by atomic mass is 16.5. The average molecular weight is 336 g/mol. The third-order valence-electron chi connectivity index (χ3n) is 4.07. The van der Waals surface area contributed by atoms with E-state index in [1.54, 1.807) is 7.11 Å². The van der Waals surface area contributed by atoms with Gasteiger partial charge in [-0.3, -0.25) is 4.79 Å². The first kappa shape index (κ1) is 18.5. The van der Waals surface area contributed by atoms with Crippen LogP contribution in [-0.4, -0.2) is 37.9 Å². The summed E-state index contributed by atoms with van der Waals surface area (Å²) in [6, 6.07) is 5.54. The molecule has 1 heterocycles. The Morgan fingerprint density at radius 3 is 2.67 bits per heavy atom. The molecular weight excluding hydrogens is 308 g/mol. The second-order valence-corrected chi connectivity index (χ2v) is 6.37. The zero-order valence-electron chi connectivity index (χ0n) is 14.9. The molecule has 2 rings (SSSR count). The first-order chi connectivity index (χ1) is 11.4. The summed E-state index contributed by atoms with van der Waals surface area (Å²) >= 11 is 0. The minimum absolute atomic E-state index is 0.0105. The number of hydrogen-bond acceptors (Lipinski definition) is 5. The zero-order chi connectivity index (χ0) is 17.7. The Labute approximate surface area is 143 Å². The lowest BCUT2D eigenvalue weighted by Crippen LogP contribution is -2.37. The molecule has 1 aliphatic rings. The molecule has 3 atom stereocenters. The number of nitrogens with two attached hydrogens (primary N) is 1. The minimum Gasteiger partial charge on any atom is -0.493 e. The lowest BCUT2D eigenvalue weighted by atomic mass is 10.1. The Morgan fingerprint density at radius 1 is 1.33 bits per heavy atom. The molecule has 6 nitrogen and oxygen atoms in total. The average Bonchev–Trinajstić information content (AvgIpc) is 3.03. The predicted molar refractivity (Wildman–Crippen MR) is 92.3 cm³/mol. The van der Waals surface area contributed by atoms with E-state index < -0.39 is 6.10 Å². The van der Waals surface area contributed by atoms with Crippen molar-refractivity contribution in [2.24, 2.45) is 5.73 Å². The van der Waals surface area contributed by atoms with Crippen molar-refractivity contribution >= 4 is 5.91 Å². The smallest absolute Gasteiger partial charge is 0.249 e. The topological polar surface area (TPSA) is 82.8 Å². The highest BCUT2D eigenvalue weighted by Gasteiger charge is 2.30. The number of carbonyl (C=O) groups is 1. The van der Waals surface area contributed by atoms with Gasteiger partial charge in [0.2, 0.25) is 5.91 Å². The van der Waals surface area contributed by atoms with Crippen molar-refractivity contribution in [3.63, 3.8) is 0 Å². The number of amides is 1. The van der Waals surface area contributed by atoms with Crippen molar-refractivity contribution in [2.75, 3.05) is 13.7 Å². The van der Waals surface area contributed by atoms with Crippen LogP contribution in [-0.2, 0) is 9.53 Å². The van der Waals surface area contributed by atoms with E-state index >= 15 is 0 Å². The van der Waals surface area contributed by atoms with E-state index in [1.165, 1.54) is 0 Å². The molecule has 0 aliphatic carbocycles. The lowest BCUT2D eigenvalue weighted by Gasteiger charge is -2.20. The molecule has 1 amide bonds. The van der Waals surface area contributed by atoms with Gasteiger partial charge in [0.15, 0.2) is 11.5 Å². The van der Waals surface area contributed by atoms with Crippen LogP contribution in [0.5, 0.6) is 11.5 Å². The maximum Gasteiger partial charge on any atom is 0.249 e. The number of methoxy groups -OCH3 is 1. The van der Waals surface area contributed by atoms with Gasteiger partial charge in [-0.1, -0.05) is 6.07 Å². The van der Waals surface area contributed by atoms with Gasteiger partial charge in [0.05, 0.1) is 25.4 Å². The SMILES string of the molecule is COc1cc(C(C)NC(=O)[C@@H]2CC[C@H](CN)O2)ccc1OC(C)C. The number of ether oxygens (including phenoxy) is 3. The van der Waals surface area contributed by atoms with E-state index in [1.807, 2.05) is 39.0 Å². The fourth-order valence-electron chi connectivity index (χ4n) is 2.77. The normalized spacial score (nSPS) is 21.6. The molecule has 0 radical (unpaired) electrons. The van der Waals surface area contributed by atoms with Gasteiger partial charge < -0.3 is 25.3 Å². The van der Waals surface area contributed by atoms with E-state index in [-0.39, 0.29) is 24.2 Å². The fraction of sp³-hybridized carbons (Fsp3) is 0.611. The van der Waals surface area contributed by atoms with Gasteiger partial charge in [-0.05, 0) is 51.3 Å². The van der Waals surface area contributed by atoms with Crippen LogP contribution in [0.15, 0.2) is 18.2 Å². The first-order valence-electron chi connectivity index (χ1n) is 8.45. The lowest BCUT2D eigenvalue weighted by molar-refractivity contribution is -0.132. The molecule has 1 aliphatic heterocycles. The summed E-state index contributed by atoms with van der Waals surface area (Å²) in [6.45, 7) is 6.32. The Balaban J connectivity index is 2.01. The summed E-state index contributed by atoms with van der Waals surface area (Å²) < 4.78 is 16.7. The summed E-state index contributed by atoms with van der Waals surface area (Å²) in [4.78, 5) is 12.3. The van der Waals surface area contributed by atoms with Gasteiger partial charge >= 0.3 is 0 Å². The van der Waals surface area contributed by atoms with Gasteiger partial charge in [-0.15, -0.1) is 0 Å². The molecule has 1 fully saturated rings. The summed E-state index contributed by atoms with van der Waals surface area (Å²) in [5.41, 5.74) is 6.54. The molecule has 0 saturated carbocycles. The van der Waals surface area contributed by atoms with Gasteiger partial charge in [-0.25, -0.2) is 0 Å². The standard InChI is InChI=1S/C18H28N2O4/c1-11(2)23-15-7-5-13(9-17(15)22-4)12(3)20-18(21)16-8-6-14(10-19)24-16/h5,7,9,11-12,14,16H,6,8,10,19H2,1-4H3,(H,20,21)/t12?,14-,16+/m1/s1. The maximum absolute atomic E-state index is 12.3. The Hall–Kier alpha value is -1.79. The van der Waals surface area contributed by atoms with E-state index in [0.717, 1.165) is 12.0 Å². The highest BCUT2D eigenvalue weighted by molar-refractivity contribution is 5.81. The van der Waals surface area contributed by atoms with Crippen molar-refractivity contribution in [3.8, 4) is 11.5 Å². The van der Waals surface area contributed by atoms with Crippen LogP contribution in [0.1, 0.15) is 45.2 Å². The Kier molecular flexibility index (Phi) is 6.45. The van der Waals surface area contributed by atoms with Crippen LogP contribution in [0, 0.1) is 0 Å². The van der Waals surface area contributed by atoms with Crippen LogP contribution in [0.4, 0.5) is 0 Å². The monoisotopic (exact) mass is 336 g/mol. The van der Waals surface area contributed by atoms with E-state index in [4.69, 9.17) is 19.9 Å². The van der Waals surface area contributed by atoms with E-state index in [0.29, 0.717) is 24.5 Å². The van der Waals surface area contributed by atoms with Crippen molar-refractivity contribution < 1.29 is 19.0 Å². The molecule has 0 aromatic heterocycles. The fourth-order valence-corrected chi connectivity index (χ4v) is 2.77. The number of nitrogens with one attached hydrogen (secondary N) is 1. The van der Waals surface area contributed by atoms with Gasteiger partial charge in [0.1, 0.15) is 6.10 Å². The largest absolute Gasteiger partial charge is 0.493 e. The second kappa shape index (κ2) is 8.35. The summed E-state index contributed by atoms with van der Waals surface area (Å²) in [5.74, 6) is 1.25. The van der Waals surface area contributed by atoms with Crippen LogP contribution < -0.4 is 20.5 Å². The zero-order valence-corrected chi connectivity index (χ0v) is 14.9. The van der Waals surface area contributed by atoms with Crippen LogP contribution in [0.3, 0.4) is 0 Å².